The minimum absolute atomic E-state index is 0.0964. The first-order chi connectivity index (χ1) is 9.99. The van der Waals surface area contributed by atoms with Crippen LogP contribution in [0, 0.1) is 6.92 Å². The lowest BCUT2D eigenvalue weighted by Crippen LogP contribution is -2.38. The van der Waals surface area contributed by atoms with Crippen molar-refractivity contribution >= 4 is 17.2 Å². The summed E-state index contributed by atoms with van der Waals surface area (Å²) in [5, 5.41) is 3.60. The lowest BCUT2D eigenvalue weighted by molar-refractivity contribution is 0.0947. The molecule has 0 aliphatic carbocycles. The van der Waals surface area contributed by atoms with E-state index in [1.54, 1.807) is 18.5 Å². The largest absolute Gasteiger partial charge is 0.350 e. The lowest BCUT2D eigenvalue weighted by Gasteiger charge is -2.19. The maximum atomic E-state index is 12.2. The highest BCUT2D eigenvalue weighted by atomic mass is 32.1. The molecule has 2 aromatic rings. The summed E-state index contributed by atoms with van der Waals surface area (Å²) >= 11 is 1.32. The van der Waals surface area contributed by atoms with Crippen molar-refractivity contribution in [2.45, 2.75) is 19.9 Å². The van der Waals surface area contributed by atoms with Crippen LogP contribution >= 0.6 is 11.3 Å². The highest BCUT2D eigenvalue weighted by Gasteiger charge is 2.18. The number of aryl methyl sites for hydroxylation is 1. The zero-order valence-electron chi connectivity index (χ0n) is 12.6. The zero-order valence-corrected chi connectivity index (χ0v) is 13.4. The van der Waals surface area contributed by atoms with Crippen molar-refractivity contribution in [2.75, 3.05) is 20.6 Å². The molecule has 2 rings (SSSR count). The van der Waals surface area contributed by atoms with Crippen LogP contribution in [0.1, 0.15) is 22.3 Å². The minimum Gasteiger partial charge on any atom is -0.350 e. The van der Waals surface area contributed by atoms with Gasteiger partial charge in [-0.15, -0.1) is 11.3 Å². The van der Waals surface area contributed by atoms with Crippen molar-refractivity contribution in [3.8, 4) is 10.8 Å². The molecule has 112 valence electrons. The van der Waals surface area contributed by atoms with Crippen LogP contribution in [-0.2, 0) is 0 Å². The molecule has 0 aliphatic heterocycles. The summed E-state index contributed by atoms with van der Waals surface area (Å²) in [6, 6.07) is 2.03. The molecule has 21 heavy (non-hydrogen) atoms. The molecule has 0 radical (unpaired) electrons. The van der Waals surface area contributed by atoms with Gasteiger partial charge in [0.2, 0.25) is 0 Å². The van der Waals surface area contributed by atoms with E-state index >= 15 is 0 Å². The maximum Gasteiger partial charge on any atom is 0.263 e. The fourth-order valence-electron chi connectivity index (χ4n) is 1.62. The van der Waals surface area contributed by atoms with Gasteiger partial charge in [0.1, 0.15) is 4.88 Å². The third kappa shape index (κ3) is 3.83. The molecule has 7 heteroatoms. The number of thiazole rings is 1. The SMILES string of the molecule is Cc1nc(-c2ncccn2)sc1C(=O)NC[C@H](C)N(C)C. The molecule has 0 saturated heterocycles. The predicted octanol–water partition coefficient (Wildman–Crippen LogP) is 1.59. The summed E-state index contributed by atoms with van der Waals surface area (Å²) in [7, 11) is 3.97. The van der Waals surface area contributed by atoms with Gasteiger partial charge in [-0.1, -0.05) is 0 Å². The molecule has 0 aromatic carbocycles. The molecule has 0 bridgehead atoms. The summed E-state index contributed by atoms with van der Waals surface area (Å²) in [4.78, 5) is 27.6. The Morgan fingerprint density at radius 1 is 1.38 bits per heavy atom. The Balaban J connectivity index is 2.10. The van der Waals surface area contributed by atoms with Gasteiger partial charge < -0.3 is 10.2 Å². The molecule has 1 N–H and O–H groups in total. The van der Waals surface area contributed by atoms with Crippen molar-refractivity contribution in [1.82, 2.24) is 25.2 Å². The van der Waals surface area contributed by atoms with E-state index in [0.29, 0.717) is 27.9 Å². The van der Waals surface area contributed by atoms with E-state index in [0.717, 1.165) is 0 Å². The van der Waals surface area contributed by atoms with Crippen LogP contribution in [0.3, 0.4) is 0 Å². The second-order valence-corrected chi connectivity index (χ2v) is 6.03. The molecule has 1 amide bonds. The number of carbonyl (C=O) groups is 1. The second-order valence-electron chi connectivity index (χ2n) is 5.03. The van der Waals surface area contributed by atoms with Gasteiger partial charge >= 0.3 is 0 Å². The van der Waals surface area contributed by atoms with Crippen molar-refractivity contribution < 1.29 is 4.79 Å². The van der Waals surface area contributed by atoms with Crippen LogP contribution in [0.25, 0.3) is 10.8 Å². The second kappa shape index (κ2) is 6.73. The van der Waals surface area contributed by atoms with E-state index in [1.165, 1.54) is 11.3 Å². The Hall–Kier alpha value is -1.86. The Kier molecular flexibility index (Phi) is 4.98. The van der Waals surface area contributed by atoms with Crippen molar-refractivity contribution in [1.29, 1.82) is 0 Å². The Morgan fingerprint density at radius 2 is 2.05 bits per heavy atom. The molecule has 6 nitrogen and oxygen atoms in total. The van der Waals surface area contributed by atoms with Gasteiger partial charge in [-0.05, 0) is 34.0 Å². The first-order valence-electron chi connectivity index (χ1n) is 6.68. The third-order valence-electron chi connectivity index (χ3n) is 3.20. The highest BCUT2D eigenvalue weighted by Crippen LogP contribution is 2.24. The lowest BCUT2D eigenvalue weighted by atomic mass is 10.3. The van der Waals surface area contributed by atoms with Crippen LogP contribution in [0.15, 0.2) is 18.5 Å². The molecule has 2 aromatic heterocycles. The van der Waals surface area contributed by atoms with Gasteiger partial charge in [0.15, 0.2) is 10.8 Å². The van der Waals surface area contributed by atoms with E-state index in [2.05, 4.69) is 32.1 Å². The van der Waals surface area contributed by atoms with E-state index in [4.69, 9.17) is 0 Å². The predicted molar refractivity (Wildman–Crippen MR) is 83.4 cm³/mol. The maximum absolute atomic E-state index is 12.2. The summed E-state index contributed by atoms with van der Waals surface area (Å²) in [6.07, 6.45) is 3.33. The van der Waals surface area contributed by atoms with E-state index in [-0.39, 0.29) is 11.9 Å². The number of likely N-dealkylation sites (N-methyl/N-ethyl adjacent to an activating group) is 1. The molecule has 0 unspecified atom stereocenters. The van der Waals surface area contributed by atoms with Crippen molar-refractivity contribution in [2.24, 2.45) is 0 Å². The Bertz CT molecular complexity index is 611. The molecule has 0 aliphatic rings. The summed E-state index contributed by atoms with van der Waals surface area (Å²) in [5.74, 6) is 0.451. The summed E-state index contributed by atoms with van der Waals surface area (Å²) in [6.45, 7) is 4.48. The highest BCUT2D eigenvalue weighted by molar-refractivity contribution is 7.17. The quantitative estimate of drug-likeness (QED) is 0.908. The normalized spacial score (nSPS) is 12.4. The number of nitrogens with zero attached hydrogens (tertiary/aromatic N) is 4. The van der Waals surface area contributed by atoms with E-state index in [1.807, 2.05) is 21.0 Å². The zero-order chi connectivity index (χ0) is 15.4. The van der Waals surface area contributed by atoms with Gasteiger partial charge in [0.05, 0.1) is 5.69 Å². The van der Waals surface area contributed by atoms with Crippen molar-refractivity contribution in [3.05, 3.63) is 29.0 Å². The number of rotatable bonds is 5. The van der Waals surface area contributed by atoms with Crippen LogP contribution in [0.4, 0.5) is 0 Å². The minimum atomic E-state index is -0.0964. The number of aromatic nitrogens is 3. The van der Waals surface area contributed by atoms with Crippen LogP contribution in [0.5, 0.6) is 0 Å². The van der Waals surface area contributed by atoms with Gasteiger partial charge in [-0.3, -0.25) is 4.79 Å². The average Bonchev–Trinajstić information content (AvgIpc) is 2.87. The number of nitrogens with one attached hydrogen (secondary N) is 1. The summed E-state index contributed by atoms with van der Waals surface area (Å²) < 4.78 is 0. The molecule has 0 fully saturated rings. The van der Waals surface area contributed by atoms with E-state index < -0.39 is 0 Å². The average molecular weight is 305 g/mol. The third-order valence-corrected chi connectivity index (χ3v) is 4.35. The van der Waals surface area contributed by atoms with Crippen LogP contribution < -0.4 is 5.32 Å². The molecular formula is C14H19N5OS. The van der Waals surface area contributed by atoms with E-state index in [9.17, 15) is 4.79 Å². The first kappa shape index (κ1) is 15.5. The number of carbonyl (C=O) groups excluding carboxylic acids is 1. The number of hydrogen-bond acceptors (Lipinski definition) is 6. The number of hydrogen-bond donors (Lipinski definition) is 1. The molecule has 0 saturated carbocycles. The monoisotopic (exact) mass is 305 g/mol. The van der Waals surface area contributed by atoms with Gasteiger partial charge in [0.25, 0.3) is 5.91 Å². The molecular weight excluding hydrogens is 286 g/mol. The van der Waals surface area contributed by atoms with Crippen molar-refractivity contribution in [3.63, 3.8) is 0 Å². The van der Waals surface area contributed by atoms with Crippen LogP contribution in [-0.4, -0.2) is 52.4 Å². The molecule has 0 spiro atoms. The fraction of sp³-hybridized carbons (Fsp3) is 0.429. The van der Waals surface area contributed by atoms with Gasteiger partial charge in [-0.2, -0.15) is 0 Å². The Labute approximate surface area is 128 Å². The number of amides is 1. The first-order valence-corrected chi connectivity index (χ1v) is 7.50. The standard InChI is InChI=1S/C14H19N5OS/c1-9(19(3)4)8-17-13(20)11-10(2)18-14(21-11)12-15-6-5-7-16-12/h5-7,9H,8H2,1-4H3,(H,17,20)/t9-/m0/s1. The molecule has 2 heterocycles. The molecule has 1 atom stereocenters. The van der Waals surface area contributed by atoms with Gasteiger partial charge in [-0.25, -0.2) is 15.0 Å². The van der Waals surface area contributed by atoms with Crippen LogP contribution in [0.2, 0.25) is 0 Å². The topological polar surface area (TPSA) is 71.0 Å². The summed E-state index contributed by atoms with van der Waals surface area (Å²) in [5.41, 5.74) is 0.706. The Morgan fingerprint density at radius 3 is 2.67 bits per heavy atom. The smallest absolute Gasteiger partial charge is 0.263 e. The van der Waals surface area contributed by atoms with Gasteiger partial charge in [0, 0.05) is 25.0 Å². The fourth-order valence-corrected chi connectivity index (χ4v) is 2.55.